The van der Waals surface area contributed by atoms with Crippen LogP contribution in [0.4, 0.5) is 0 Å². The summed E-state index contributed by atoms with van der Waals surface area (Å²) in [5, 5.41) is 8.48. The summed E-state index contributed by atoms with van der Waals surface area (Å²) in [6, 6.07) is 8.07. The summed E-state index contributed by atoms with van der Waals surface area (Å²) >= 11 is 0. The van der Waals surface area contributed by atoms with Gasteiger partial charge in [-0.15, -0.1) is 0 Å². The Bertz CT molecular complexity index is 738. The van der Waals surface area contributed by atoms with E-state index in [2.05, 4.69) is 11.6 Å². The van der Waals surface area contributed by atoms with Crippen LogP contribution in [-0.2, 0) is 10.0 Å². The van der Waals surface area contributed by atoms with Crippen LogP contribution in [-0.4, -0.2) is 38.9 Å². The van der Waals surface area contributed by atoms with Gasteiger partial charge in [-0.3, -0.25) is 4.79 Å². The van der Waals surface area contributed by atoms with E-state index in [0.29, 0.717) is 11.5 Å². The van der Waals surface area contributed by atoms with Crippen molar-refractivity contribution in [1.82, 2.24) is 9.62 Å². The summed E-state index contributed by atoms with van der Waals surface area (Å²) in [5.74, 6) is 0.395. The van der Waals surface area contributed by atoms with E-state index in [-0.39, 0.29) is 29.8 Å². The van der Waals surface area contributed by atoms with Crippen LogP contribution < -0.4 is 4.72 Å². The van der Waals surface area contributed by atoms with Gasteiger partial charge in [-0.1, -0.05) is 19.8 Å². The van der Waals surface area contributed by atoms with E-state index in [4.69, 9.17) is 5.26 Å². The van der Waals surface area contributed by atoms with Crippen LogP contribution >= 0.6 is 0 Å². The average Bonchev–Trinajstić information content (AvgIpc) is 2.61. The Balaban J connectivity index is 2.08. The maximum absolute atomic E-state index is 12.7. The van der Waals surface area contributed by atoms with Gasteiger partial charge in [0.15, 0.2) is 0 Å². The maximum atomic E-state index is 12.7. The monoisotopic (exact) mass is 363 g/mol. The zero-order valence-electron chi connectivity index (χ0n) is 14.7. The lowest BCUT2D eigenvalue weighted by molar-refractivity contribution is 0.0629. The number of carbonyl (C=O) groups excluding carboxylic acids is 1. The van der Waals surface area contributed by atoms with Gasteiger partial charge >= 0.3 is 0 Å². The largest absolute Gasteiger partial charge is 0.338 e. The lowest BCUT2D eigenvalue weighted by atomic mass is 9.85. The van der Waals surface area contributed by atoms with Crippen LogP contribution in [0.25, 0.3) is 0 Å². The number of nitrogens with zero attached hydrogens (tertiary/aromatic N) is 2. The van der Waals surface area contributed by atoms with E-state index in [9.17, 15) is 13.2 Å². The number of hydrogen-bond acceptors (Lipinski definition) is 4. The molecule has 0 saturated heterocycles. The Labute approximate surface area is 149 Å². The van der Waals surface area contributed by atoms with E-state index < -0.39 is 10.0 Å². The molecular weight excluding hydrogens is 338 g/mol. The van der Waals surface area contributed by atoms with Gasteiger partial charge in [0.1, 0.15) is 0 Å². The fourth-order valence-electron chi connectivity index (χ4n) is 3.33. The fourth-order valence-corrected chi connectivity index (χ4v) is 4.36. The van der Waals surface area contributed by atoms with Gasteiger partial charge < -0.3 is 4.90 Å². The van der Waals surface area contributed by atoms with Crippen molar-refractivity contribution < 1.29 is 13.2 Å². The molecule has 0 bridgehead atoms. The van der Waals surface area contributed by atoms with Gasteiger partial charge in [0.2, 0.25) is 10.0 Å². The predicted molar refractivity (Wildman–Crippen MR) is 95.4 cm³/mol. The van der Waals surface area contributed by atoms with E-state index in [1.54, 1.807) is 17.0 Å². The molecule has 1 aliphatic rings. The molecule has 2 atom stereocenters. The number of amides is 1. The third kappa shape index (κ3) is 4.80. The highest BCUT2D eigenvalue weighted by molar-refractivity contribution is 7.89. The molecule has 1 aromatic rings. The Morgan fingerprint density at radius 2 is 1.92 bits per heavy atom. The quantitative estimate of drug-likeness (QED) is 0.786. The summed E-state index contributed by atoms with van der Waals surface area (Å²) in [6.45, 7) is 2.25. The van der Waals surface area contributed by atoms with Crippen molar-refractivity contribution in [3.8, 4) is 6.07 Å². The number of rotatable bonds is 6. The van der Waals surface area contributed by atoms with Crippen molar-refractivity contribution >= 4 is 15.9 Å². The van der Waals surface area contributed by atoms with Crippen molar-refractivity contribution in [2.24, 2.45) is 5.92 Å². The van der Waals surface area contributed by atoms with Crippen molar-refractivity contribution in [2.75, 3.05) is 13.6 Å². The van der Waals surface area contributed by atoms with E-state index in [0.717, 1.165) is 19.3 Å². The molecule has 2 rings (SSSR count). The highest BCUT2D eigenvalue weighted by atomic mass is 32.2. The SMILES string of the molecule is CC1CCCCC1N(C)C(=O)c1ccc(S(=O)(=O)NCCC#N)cc1. The third-order valence-electron chi connectivity index (χ3n) is 4.82. The molecule has 1 N–H and O–H groups in total. The van der Waals surface area contributed by atoms with Crippen LogP contribution in [0, 0.1) is 17.2 Å². The maximum Gasteiger partial charge on any atom is 0.253 e. The second-order valence-electron chi connectivity index (χ2n) is 6.58. The van der Waals surface area contributed by atoms with Crippen LogP contribution in [0.2, 0.25) is 0 Å². The first-order chi connectivity index (χ1) is 11.9. The van der Waals surface area contributed by atoms with Crippen LogP contribution in [0.1, 0.15) is 49.4 Å². The number of nitriles is 1. The van der Waals surface area contributed by atoms with Crippen LogP contribution in [0.5, 0.6) is 0 Å². The fraction of sp³-hybridized carbons (Fsp3) is 0.556. The number of benzene rings is 1. The second kappa shape index (κ2) is 8.45. The Morgan fingerprint density at radius 3 is 2.52 bits per heavy atom. The molecule has 1 aliphatic carbocycles. The summed E-state index contributed by atoms with van der Waals surface area (Å²) < 4.78 is 26.6. The molecule has 25 heavy (non-hydrogen) atoms. The minimum Gasteiger partial charge on any atom is -0.338 e. The van der Waals surface area contributed by atoms with Crippen LogP contribution in [0.15, 0.2) is 29.2 Å². The minimum absolute atomic E-state index is 0.0713. The average molecular weight is 363 g/mol. The molecule has 0 radical (unpaired) electrons. The second-order valence-corrected chi connectivity index (χ2v) is 8.34. The van der Waals surface area contributed by atoms with Crippen molar-refractivity contribution in [2.45, 2.75) is 50.0 Å². The Hall–Kier alpha value is -1.91. The van der Waals surface area contributed by atoms with Crippen LogP contribution in [0.3, 0.4) is 0 Å². The Kier molecular flexibility index (Phi) is 6.57. The molecule has 1 fully saturated rings. The van der Waals surface area contributed by atoms with E-state index in [1.807, 2.05) is 13.1 Å². The first-order valence-corrected chi connectivity index (χ1v) is 10.1. The van der Waals surface area contributed by atoms with E-state index >= 15 is 0 Å². The first kappa shape index (κ1) is 19.4. The molecule has 6 nitrogen and oxygen atoms in total. The van der Waals surface area contributed by atoms with Crippen molar-refractivity contribution in [3.05, 3.63) is 29.8 Å². The summed E-state index contributed by atoms with van der Waals surface area (Å²) in [6.07, 6.45) is 4.61. The first-order valence-electron chi connectivity index (χ1n) is 8.60. The lowest BCUT2D eigenvalue weighted by Gasteiger charge is -2.36. The molecule has 2 unspecified atom stereocenters. The molecule has 7 heteroatoms. The standard InChI is InChI=1S/C18H25N3O3S/c1-14-6-3-4-7-17(14)21(2)18(22)15-8-10-16(11-9-15)25(23,24)20-13-5-12-19/h8-11,14,17,20H,3-7,13H2,1-2H3. The lowest BCUT2D eigenvalue weighted by Crippen LogP contribution is -2.42. The predicted octanol–water partition coefficient (Wildman–Crippen LogP) is 2.53. The smallest absolute Gasteiger partial charge is 0.253 e. The number of nitrogens with one attached hydrogen (secondary N) is 1. The molecule has 1 amide bonds. The molecule has 1 saturated carbocycles. The van der Waals surface area contributed by atoms with E-state index in [1.165, 1.54) is 18.6 Å². The molecule has 136 valence electrons. The number of sulfonamides is 1. The highest BCUT2D eigenvalue weighted by Gasteiger charge is 2.28. The topological polar surface area (TPSA) is 90.3 Å². The van der Waals surface area contributed by atoms with Gasteiger partial charge in [-0.25, -0.2) is 13.1 Å². The van der Waals surface area contributed by atoms with Gasteiger partial charge in [-0.05, 0) is 43.0 Å². The summed E-state index contributed by atoms with van der Waals surface area (Å²) in [5.41, 5.74) is 0.483. The summed E-state index contributed by atoms with van der Waals surface area (Å²) in [7, 11) is -1.83. The van der Waals surface area contributed by atoms with Gasteiger partial charge in [0.25, 0.3) is 5.91 Å². The van der Waals surface area contributed by atoms with Gasteiger partial charge in [0, 0.05) is 31.6 Å². The van der Waals surface area contributed by atoms with Gasteiger partial charge in [-0.2, -0.15) is 5.26 Å². The zero-order valence-corrected chi connectivity index (χ0v) is 15.6. The summed E-state index contributed by atoms with van der Waals surface area (Å²) in [4.78, 5) is 14.6. The van der Waals surface area contributed by atoms with Crippen molar-refractivity contribution in [3.63, 3.8) is 0 Å². The molecule has 0 spiro atoms. The number of hydrogen-bond donors (Lipinski definition) is 1. The Morgan fingerprint density at radius 1 is 1.28 bits per heavy atom. The molecule has 0 heterocycles. The molecular formula is C18H25N3O3S. The number of carbonyl (C=O) groups is 1. The third-order valence-corrected chi connectivity index (χ3v) is 6.30. The van der Waals surface area contributed by atoms with Gasteiger partial charge in [0.05, 0.1) is 11.0 Å². The molecule has 0 aliphatic heterocycles. The molecule has 0 aromatic heterocycles. The molecule has 1 aromatic carbocycles. The highest BCUT2D eigenvalue weighted by Crippen LogP contribution is 2.28. The van der Waals surface area contributed by atoms with Crippen molar-refractivity contribution in [1.29, 1.82) is 5.26 Å². The minimum atomic E-state index is -3.65. The normalized spacial score (nSPS) is 20.7. The zero-order chi connectivity index (χ0) is 18.4.